The first-order valence-corrected chi connectivity index (χ1v) is 7.67. The van der Waals surface area contributed by atoms with Crippen LogP contribution in [0.5, 0.6) is 0 Å². The fourth-order valence-corrected chi connectivity index (χ4v) is 2.85. The molecule has 0 aliphatic heterocycles. The Bertz CT molecular complexity index is 308. The molecule has 0 saturated heterocycles. The van der Waals surface area contributed by atoms with Gasteiger partial charge in [-0.3, -0.25) is 0 Å². The third kappa shape index (κ3) is 4.68. The molecule has 0 aromatic carbocycles. The second kappa shape index (κ2) is 6.12. The topological polar surface area (TPSA) is 50.4 Å². The lowest BCUT2D eigenvalue weighted by molar-refractivity contribution is 0.0497. The summed E-state index contributed by atoms with van der Waals surface area (Å²) in [5.74, 6) is 0.864. The Labute approximate surface area is 116 Å². The van der Waals surface area contributed by atoms with Gasteiger partial charge in [-0.15, -0.1) is 0 Å². The molecular formula is C15H28N2O2. The highest BCUT2D eigenvalue weighted by molar-refractivity contribution is 5.68. The number of hydrogen-bond donors (Lipinski definition) is 2. The second-order valence-electron chi connectivity index (χ2n) is 7.00. The Morgan fingerprint density at radius 1 is 1.11 bits per heavy atom. The van der Waals surface area contributed by atoms with Gasteiger partial charge in [-0.2, -0.15) is 0 Å². The highest BCUT2D eigenvalue weighted by Crippen LogP contribution is 2.26. The van der Waals surface area contributed by atoms with Crippen molar-refractivity contribution in [1.82, 2.24) is 10.6 Å². The molecule has 2 unspecified atom stereocenters. The lowest BCUT2D eigenvalue weighted by Crippen LogP contribution is -2.49. The fraction of sp³-hybridized carbons (Fsp3) is 0.933. The summed E-state index contributed by atoms with van der Waals surface area (Å²) < 4.78 is 5.33. The smallest absolute Gasteiger partial charge is 0.407 e. The molecule has 2 atom stereocenters. The quantitative estimate of drug-likeness (QED) is 0.824. The minimum atomic E-state index is -0.419. The summed E-state index contributed by atoms with van der Waals surface area (Å²) in [6.07, 6.45) is 7.23. The fourth-order valence-electron chi connectivity index (χ4n) is 2.85. The first kappa shape index (κ1) is 14.6. The van der Waals surface area contributed by atoms with Gasteiger partial charge in [0.15, 0.2) is 0 Å². The lowest BCUT2D eigenvalue weighted by atomic mass is 9.85. The predicted molar refractivity (Wildman–Crippen MR) is 76.1 cm³/mol. The number of hydrogen-bond acceptors (Lipinski definition) is 3. The first-order valence-electron chi connectivity index (χ1n) is 7.67. The molecule has 4 heteroatoms. The molecule has 0 radical (unpaired) electrons. The molecule has 2 aliphatic rings. The van der Waals surface area contributed by atoms with Crippen molar-refractivity contribution in [2.75, 3.05) is 6.54 Å². The van der Waals surface area contributed by atoms with E-state index >= 15 is 0 Å². The van der Waals surface area contributed by atoms with Crippen molar-refractivity contribution in [3.63, 3.8) is 0 Å². The van der Waals surface area contributed by atoms with Crippen molar-refractivity contribution in [2.24, 2.45) is 5.92 Å². The summed E-state index contributed by atoms with van der Waals surface area (Å²) in [6.45, 7) is 6.80. The van der Waals surface area contributed by atoms with E-state index < -0.39 is 5.60 Å². The molecule has 2 rings (SSSR count). The van der Waals surface area contributed by atoms with E-state index in [4.69, 9.17) is 4.74 Å². The van der Waals surface area contributed by atoms with Crippen LogP contribution in [0.4, 0.5) is 4.79 Å². The zero-order valence-electron chi connectivity index (χ0n) is 12.5. The standard InChI is InChI=1S/C15H28N2O2/c1-15(2,3)19-14(18)17-13-9-5-8-12(13)16-10-11-6-4-7-11/h11-13,16H,4-10H2,1-3H3,(H,17,18). The molecule has 2 fully saturated rings. The van der Waals surface area contributed by atoms with Gasteiger partial charge < -0.3 is 15.4 Å². The van der Waals surface area contributed by atoms with Crippen LogP contribution in [0.2, 0.25) is 0 Å². The van der Waals surface area contributed by atoms with Crippen LogP contribution in [0.25, 0.3) is 0 Å². The van der Waals surface area contributed by atoms with Crippen molar-refractivity contribution < 1.29 is 9.53 Å². The van der Waals surface area contributed by atoms with Crippen LogP contribution < -0.4 is 10.6 Å². The molecule has 19 heavy (non-hydrogen) atoms. The van der Waals surface area contributed by atoms with Crippen molar-refractivity contribution in [1.29, 1.82) is 0 Å². The Kier molecular flexibility index (Phi) is 4.71. The van der Waals surface area contributed by atoms with E-state index in [0.717, 1.165) is 25.3 Å². The van der Waals surface area contributed by atoms with Gasteiger partial charge in [-0.05, 0) is 65.3 Å². The van der Waals surface area contributed by atoms with Gasteiger partial charge in [-0.25, -0.2) is 4.79 Å². The Morgan fingerprint density at radius 3 is 2.32 bits per heavy atom. The molecule has 0 bridgehead atoms. The molecule has 0 spiro atoms. The van der Waals surface area contributed by atoms with Crippen LogP contribution in [-0.4, -0.2) is 30.3 Å². The second-order valence-corrected chi connectivity index (χ2v) is 7.00. The van der Waals surface area contributed by atoms with E-state index in [-0.39, 0.29) is 12.1 Å². The van der Waals surface area contributed by atoms with Crippen molar-refractivity contribution in [2.45, 2.75) is 77.0 Å². The third-order valence-electron chi connectivity index (χ3n) is 4.11. The normalized spacial score (nSPS) is 27.9. The van der Waals surface area contributed by atoms with Crippen LogP contribution in [0, 0.1) is 5.92 Å². The summed E-state index contributed by atoms with van der Waals surface area (Å²) in [5, 5.41) is 6.65. The van der Waals surface area contributed by atoms with Gasteiger partial charge in [0.2, 0.25) is 0 Å². The van der Waals surface area contributed by atoms with Crippen LogP contribution in [0.1, 0.15) is 59.3 Å². The van der Waals surface area contributed by atoms with E-state index in [0.29, 0.717) is 6.04 Å². The van der Waals surface area contributed by atoms with Crippen LogP contribution in [0.15, 0.2) is 0 Å². The molecule has 110 valence electrons. The lowest BCUT2D eigenvalue weighted by Gasteiger charge is -2.30. The summed E-state index contributed by atoms with van der Waals surface area (Å²) in [5.41, 5.74) is -0.419. The number of carbonyl (C=O) groups is 1. The average Bonchev–Trinajstić information content (AvgIpc) is 2.60. The third-order valence-corrected chi connectivity index (χ3v) is 4.11. The number of amides is 1. The number of ether oxygens (including phenoxy) is 1. The summed E-state index contributed by atoms with van der Waals surface area (Å²) >= 11 is 0. The molecular weight excluding hydrogens is 240 g/mol. The Morgan fingerprint density at radius 2 is 1.74 bits per heavy atom. The highest BCUT2D eigenvalue weighted by Gasteiger charge is 2.30. The van der Waals surface area contributed by atoms with Gasteiger partial charge in [0, 0.05) is 12.1 Å². The maximum absolute atomic E-state index is 11.8. The molecule has 0 aromatic heterocycles. The first-order chi connectivity index (χ1) is 8.94. The average molecular weight is 268 g/mol. The van der Waals surface area contributed by atoms with Crippen LogP contribution in [-0.2, 0) is 4.74 Å². The molecule has 2 saturated carbocycles. The van der Waals surface area contributed by atoms with E-state index in [1.54, 1.807) is 0 Å². The summed E-state index contributed by atoms with van der Waals surface area (Å²) in [4.78, 5) is 11.8. The monoisotopic (exact) mass is 268 g/mol. The van der Waals surface area contributed by atoms with Gasteiger partial charge in [0.05, 0.1) is 0 Å². The van der Waals surface area contributed by atoms with E-state index in [9.17, 15) is 4.79 Å². The number of rotatable bonds is 4. The molecule has 1 amide bonds. The van der Waals surface area contributed by atoms with E-state index in [1.165, 1.54) is 25.7 Å². The minimum Gasteiger partial charge on any atom is -0.444 e. The Balaban J connectivity index is 1.73. The van der Waals surface area contributed by atoms with Gasteiger partial charge in [-0.1, -0.05) is 6.42 Å². The van der Waals surface area contributed by atoms with E-state index in [2.05, 4.69) is 10.6 Å². The van der Waals surface area contributed by atoms with Gasteiger partial charge in [0.25, 0.3) is 0 Å². The maximum atomic E-state index is 11.8. The van der Waals surface area contributed by atoms with Gasteiger partial charge in [0.1, 0.15) is 5.60 Å². The molecule has 0 heterocycles. The van der Waals surface area contributed by atoms with Crippen molar-refractivity contribution in [3.05, 3.63) is 0 Å². The Hall–Kier alpha value is -0.770. The molecule has 0 aromatic rings. The minimum absolute atomic E-state index is 0.231. The van der Waals surface area contributed by atoms with Crippen LogP contribution in [0.3, 0.4) is 0 Å². The number of alkyl carbamates (subject to hydrolysis) is 1. The van der Waals surface area contributed by atoms with Crippen molar-refractivity contribution in [3.8, 4) is 0 Å². The van der Waals surface area contributed by atoms with Gasteiger partial charge >= 0.3 is 6.09 Å². The summed E-state index contributed by atoms with van der Waals surface area (Å²) in [6, 6.07) is 0.656. The SMILES string of the molecule is CC(C)(C)OC(=O)NC1CCCC1NCC1CCC1. The zero-order chi connectivity index (χ0) is 13.9. The van der Waals surface area contributed by atoms with Crippen molar-refractivity contribution >= 4 is 6.09 Å². The summed E-state index contributed by atoms with van der Waals surface area (Å²) in [7, 11) is 0. The maximum Gasteiger partial charge on any atom is 0.407 e. The van der Waals surface area contributed by atoms with E-state index in [1.807, 2.05) is 20.8 Å². The number of carbonyl (C=O) groups excluding carboxylic acids is 1. The molecule has 2 aliphatic carbocycles. The zero-order valence-corrected chi connectivity index (χ0v) is 12.5. The largest absolute Gasteiger partial charge is 0.444 e. The molecule has 4 nitrogen and oxygen atoms in total. The van der Waals surface area contributed by atoms with Crippen LogP contribution >= 0.6 is 0 Å². The number of nitrogens with one attached hydrogen (secondary N) is 2. The molecule has 2 N–H and O–H groups in total. The predicted octanol–water partition coefficient (Wildman–Crippen LogP) is 2.82. The highest BCUT2D eigenvalue weighted by atomic mass is 16.6.